The van der Waals surface area contributed by atoms with Gasteiger partial charge in [-0.3, -0.25) is 9.88 Å². The summed E-state index contributed by atoms with van der Waals surface area (Å²) in [7, 11) is 0. The second-order valence-corrected chi connectivity index (χ2v) is 5.81. The number of nitrogens with two attached hydrogens (primary N) is 1. The lowest BCUT2D eigenvalue weighted by Gasteiger charge is -2.38. The van der Waals surface area contributed by atoms with Gasteiger partial charge in [-0.2, -0.15) is 0 Å². The fourth-order valence-electron chi connectivity index (χ4n) is 2.99. The number of anilines is 2. The van der Waals surface area contributed by atoms with Gasteiger partial charge in [0.1, 0.15) is 0 Å². The van der Waals surface area contributed by atoms with E-state index in [1.54, 1.807) is 6.20 Å². The number of fused-ring (bicyclic) bond motifs is 1. The third-order valence-electron chi connectivity index (χ3n) is 4.21. The summed E-state index contributed by atoms with van der Waals surface area (Å²) in [6.07, 6.45) is 1.69. The molecule has 0 unspecified atom stereocenters. The summed E-state index contributed by atoms with van der Waals surface area (Å²) in [5.74, 6) is -0.281. The van der Waals surface area contributed by atoms with Gasteiger partial charge in [-0.25, -0.2) is 4.39 Å². The number of benzene rings is 1. The van der Waals surface area contributed by atoms with E-state index in [0.717, 1.165) is 31.6 Å². The summed E-state index contributed by atoms with van der Waals surface area (Å²) in [4.78, 5) is 8.85. The van der Waals surface area contributed by atoms with Crippen molar-refractivity contribution in [1.29, 1.82) is 0 Å². The second-order valence-electron chi connectivity index (χ2n) is 5.81. The molecule has 2 aromatic rings. The van der Waals surface area contributed by atoms with Crippen LogP contribution in [-0.4, -0.2) is 42.1 Å². The van der Waals surface area contributed by atoms with Crippen molar-refractivity contribution in [3.63, 3.8) is 0 Å². The van der Waals surface area contributed by atoms with E-state index in [1.807, 2.05) is 12.1 Å². The largest absolute Gasteiger partial charge is 0.398 e. The Labute approximate surface area is 124 Å². The van der Waals surface area contributed by atoms with Crippen molar-refractivity contribution in [2.45, 2.75) is 19.9 Å². The van der Waals surface area contributed by atoms with Crippen LogP contribution in [0.2, 0.25) is 0 Å². The van der Waals surface area contributed by atoms with E-state index >= 15 is 0 Å². The van der Waals surface area contributed by atoms with Crippen molar-refractivity contribution < 1.29 is 4.39 Å². The molecular formula is C16H21FN4. The monoisotopic (exact) mass is 288 g/mol. The first kappa shape index (κ1) is 14.1. The lowest BCUT2D eigenvalue weighted by molar-refractivity contribution is 0.209. The molecule has 5 heteroatoms. The van der Waals surface area contributed by atoms with Crippen molar-refractivity contribution in [2.24, 2.45) is 0 Å². The van der Waals surface area contributed by atoms with Crippen LogP contribution in [0.3, 0.4) is 0 Å². The van der Waals surface area contributed by atoms with E-state index in [-0.39, 0.29) is 5.82 Å². The van der Waals surface area contributed by atoms with Gasteiger partial charge < -0.3 is 10.6 Å². The number of hydrogen-bond acceptors (Lipinski definition) is 4. The van der Waals surface area contributed by atoms with Gasteiger partial charge in [-0.15, -0.1) is 0 Å². The van der Waals surface area contributed by atoms with Crippen LogP contribution in [0.4, 0.5) is 15.8 Å². The van der Waals surface area contributed by atoms with Crippen molar-refractivity contribution in [3.8, 4) is 0 Å². The molecule has 3 rings (SSSR count). The van der Waals surface area contributed by atoms with Gasteiger partial charge in [-0.1, -0.05) is 0 Å². The van der Waals surface area contributed by atoms with E-state index < -0.39 is 0 Å². The number of pyridine rings is 1. The van der Waals surface area contributed by atoms with Crippen LogP contribution in [-0.2, 0) is 0 Å². The van der Waals surface area contributed by atoms with Gasteiger partial charge in [0.25, 0.3) is 0 Å². The van der Waals surface area contributed by atoms with E-state index in [2.05, 4.69) is 28.6 Å². The Kier molecular flexibility index (Phi) is 3.68. The van der Waals surface area contributed by atoms with Gasteiger partial charge in [0, 0.05) is 49.5 Å². The normalized spacial score (nSPS) is 16.9. The highest BCUT2D eigenvalue weighted by molar-refractivity contribution is 5.98. The third kappa shape index (κ3) is 2.53. The van der Waals surface area contributed by atoms with E-state index in [1.165, 1.54) is 6.07 Å². The Morgan fingerprint density at radius 3 is 2.62 bits per heavy atom. The van der Waals surface area contributed by atoms with Gasteiger partial charge in [0.2, 0.25) is 0 Å². The van der Waals surface area contributed by atoms with Crippen molar-refractivity contribution in [1.82, 2.24) is 9.88 Å². The number of nitrogen functional groups attached to an aromatic ring is 1. The summed E-state index contributed by atoms with van der Waals surface area (Å²) in [5, 5.41) is 0.820. The lowest BCUT2D eigenvalue weighted by Crippen LogP contribution is -2.49. The maximum absolute atomic E-state index is 14.4. The molecule has 0 amide bonds. The van der Waals surface area contributed by atoms with Crippen molar-refractivity contribution >= 4 is 22.3 Å². The van der Waals surface area contributed by atoms with Crippen LogP contribution in [0.25, 0.3) is 10.9 Å². The molecule has 0 bridgehead atoms. The molecule has 1 aromatic heterocycles. The molecule has 21 heavy (non-hydrogen) atoms. The number of halogens is 1. The smallest absolute Gasteiger partial charge is 0.150 e. The zero-order chi connectivity index (χ0) is 15.0. The van der Waals surface area contributed by atoms with Gasteiger partial charge in [0.05, 0.1) is 11.2 Å². The first-order valence-electron chi connectivity index (χ1n) is 7.39. The molecule has 1 aliphatic rings. The van der Waals surface area contributed by atoms with Gasteiger partial charge in [-0.05, 0) is 32.0 Å². The first-order chi connectivity index (χ1) is 10.1. The van der Waals surface area contributed by atoms with Gasteiger partial charge >= 0.3 is 0 Å². The Balaban J connectivity index is 1.98. The average Bonchev–Trinajstić information content (AvgIpc) is 2.48. The zero-order valence-corrected chi connectivity index (χ0v) is 12.5. The summed E-state index contributed by atoms with van der Waals surface area (Å²) in [5.41, 5.74) is 7.60. The fourth-order valence-corrected chi connectivity index (χ4v) is 2.99. The summed E-state index contributed by atoms with van der Waals surface area (Å²) in [6.45, 7) is 7.88. The molecule has 1 aliphatic heterocycles. The molecule has 1 saturated heterocycles. The quantitative estimate of drug-likeness (QED) is 0.862. The molecule has 2 N–H and O–H groups in total. The SMILES string of the molecule is CC(C)N1CCN(c2c(F)cc(N)c3cccnc23)CC1. The minimum Gasteiger partial charge on any atom is -0.398 e. The van der Waals surface area contributed by atoms with Crippen molar-refractivity contribution in [3.05, 3.63) is 30.2 Å². The predicted molar refractivity (Wildman–Crippen MR) is 85.0 cm³/mol. The van der Waals surface area contributed by atoms with Crippen LogP contribution in [0.15, 0.2) is 24.4 Å². The van der Waals surface area contributed by atoms with Crippen LogP contribution in [0, 0.1) is 5.82 Å². The molecular weight excluding hydrogens is 267 g/mol. The van der Waals surface area contributed by atoms with Gasteiger partial charge in [0.15, 0.2) is 5.82 Å². The molecule has 0 aliphatic carbocycles. The molecule has 0 saturated carbocycles. The average molecular weight is 288 g/mol. The minimum absolute atomic E-state index is 0.281. The van der Waals surface area contributed by atoms with Crippen LogP contribution < -0.4 is 10.6 Å². The number of hydrogen-bond donors (Lipinski definition) is 1. The van der Waals surface area contributed by atoms with Crippen LogP contribution >= 0.6 is 0 Å². The van der Waals surface area contributed by atoms with E-state index in [9.17, 15) is 4.39 Å². The topological polar surface area (TPSA) is 45.4 Å². The second kappa shape index (κ2) is 5.48. The number of nitrogens with zero attached hydrogens (tertiary/aromatic N) is 3. The number of piperazine rings is 1. The standard InChI is InChI=1S/C16H21FN4/c1-11(2)20-6-8-21(9-7-20)16-13(17)10-14(18)12-4-3-5-19-15(12)16/h3-5,10-11H,6-9,18H2,1-2H3. The molecule has 1 aromatic carbocycles. The van der Waals surface area contributed by atoms with Crippen LogP contribution in [0.5, 0.6) is 0 Å². The molecule has 1 fully saturated rings. The maximum Gasteiger partial charge on any atom is 0.150 e. The van der Waals surface area contributed by atoms with Crippen LogP contribution in [0.1, 0.15) is 13.8 Å². The van der Waals surface area contributed by atoms with E-state index in [0.29, 0.717) is 22.9 Å². The Morgan fingerprint density at radius 1 is 1.24 bits per heavy atom. The van der Waals surface area contributed by atoms with E-state index in [4.69, 9.17) is 5.73 Å². The number of aromatic nitrogens is 1. The minimum atomic E-state index is -0.281. The summed E-state index contributed by atoms with van der Waals surface area (Å²) in [6, 6.07) is 5.66. The molecule has 4 nitrogen and oxygen atoms in total. The summed E-state index contributed by atoms with van der Waals surface area (Å²) >= 11 is 0. The highest BCUT2D eigenvalue weighted by Crippen LogP contribution is 2.33. The Hall–Kier alpha value is -1.88. The number of rotatable bonds is 2. The molecule has 2 heterocycles. The highest BCUT2D eigenvalue weighted by atomic mass is 19.1. The molecule has 0 atom stereocenters. The zero-order valence-electron chi connectivity index (χ0n) is 12.5. The predicted octanol–water partition coefficient (Wildman–Crippen LogP) is 2.49. The third-order valence-corrected chi connectivity index (χ3v) is 4.21. The molecule has 0 radical (unpaired) electrons. The first-order valence-corrected chi connectivity index (χ1v) is 7.39. The molecule has 112 valence electrons. The fraction of sp³-hybridized carbons (Fsp3) is 0.438. The Bertz CT molecular complexity index is 648. The maximum atomic E-state index is 14.4. The lowest BCUT2D eigenvalue weighted by atomic mass is 10.1. The van der Waals surface area contributed by atoms with Crippen molar-refractivity contribution in [2.75, 3.05) is 36.8 Å². The highest BCUT2D eigenvalue weighted by Gasteiger charge is 2.23. The molecule has 0 spiro atoms. The summed E-state index contributed by atoms with van der Waals surface area (Å²) < 4.78 is 14.4. The Morgan fingerprint density at radius 2 is 1.95 bits per heavy atom.